The minimum Gasteiger partial charge on any atom is -0.497 e. The van der Waals surface area contributed by atoms with Gasteiger partial charge in [-0.25, -0.2) is 0 Å². The molecule has 0 saturated carbocycles. The number of nitrogens with one attached hydrogen (secondary N) is 1. The number of aromatic nitrogens is 3. The fourth-order valence-corrected chi connectivity index (χ4v) is 3.20. The molecule has 0 bridgehead atoms. The van der Waals surface area contributed by atoms with Crippen molar-refractivity contribution >= 4 is 16.5 Å². The number of hydrogen-bond acceptors (Lipinski definition) is 8. The predicted octanol–water partition coefficient (Wildman–Crippen LogP) is 3.39. The summed E-state index contributed by atoms with van der Waals surface area (Å²) in [4.78, 5) is 0. The molecule has 0 aliphatic carbocycles. The molecule has 0 spiro atoms. The van der Waals surface area contributed by atoms with Crippen molar-refractivity contribution in [2.45, 2.75) is 19.1 Å². The summed E-state index contributed by atoms with van der Waals surface area (Å²) in [7, 11) is 3.34. The maximum Gasteiger partial charge on any atom is 0.206 e. The van der Waals surface area contributed by atoms with Gasteiger partial charge in [0.1, 0.15) is 23.8 Å². The van der Waals surface area contributed by atoms with Crippen LogP contribution in [0.4, 0.5) is 5.13 Å². The molecule has 7 nitrogen and oxygen atoms in total. The lowest BCUT2D eigenvalue weighted by Gasteiger charge is -2.23. The molecule has 2 aromatic heterocycles. The van der Waals surface area contributed by atoms with E-state index >= 15 is 0 Å². The number of hydrogen-bond donors (Lipinski definition) is 1. The van der Waals surface area contributed by atoms with Crippen LogP contribution in [-0.4, -0.2) is 35.6 Å². The van der Waals surface area contributed by atoms with Gasteiger partial charge >= 0.3 is 0 Å². The summed E-state index contributed by atoms with van der Waals surface area (Å²) in [6, 6.07) is 9.58. The highest BCUT2D eigenvalue weighted by molar-refractivity contribution is 7.18. The molecule has 0 radical (unpaired) electrons. The van der Waals surface area contributed by atoms with Crippen molar-refractivity contribution in [3.05, 3.63) is 42.2 Å². The first-order valence-corrected chi connectivity index (χ1v) is 8.20. The van der Waals surface area contributed by atoms with Gasteiger partial charge < -0.3 is 19.3 Å². The van der Waals surface area contributed by atoms with Crippen molar-refractivity contribution in [3.63, 3.8) is 0 Å². The second kappa shape index (κ2) is 7.41. The molecule has 0 aliphatic heterocycles. The standard InChI is InChI=1S/C16H18N4O3S/c1-10(14(22-3)11-4-6-12(21-2)7-5-11)17-16-19-18-15(24-16)13-8-9-23-20-13/h4-10,14H,1-3H3,(H,17,19). The highest BCUT2D eigenvalue weighted by Gasteiger charge is 2.20. The molecule has 0 amide bonds. The van der Waals surface area contributed by atoms with Crippen molar-refractivity contribution < 1.29 is 14.0 Å². The van der Waals surface area contributed by atoms with Gasteiger partial charge in [0.05, 0.1) is 13.2 Å². The lowest BCUT2D eigenvalue weighted by Crippen LogP contribution is -2.25. The summed E-state index contributed by atoms with van der Waals surface area (Å²) in [5, 5.41) is 16.9. The molecule has 3 rings (SSSR count). The van der Waals surface area contributed by atoms with Crippen LogP contribution in [0.2, 0.25) is 0 Å². The second-order valence-corrected chi connectivity index (χ2v) is 6.14. The SMILES string of the molecule is COc1ccc(C(OC)C(C)Nc2nnc(-c3ccon3)s2)cc1. The molecule has 1 N–H and O–H groups in total. The van der Waals surface area contributed by atoms with E-state index in [0.29, 0.717) is 15.8 Å². The topological polar surface area (TPSA) is 82.3 Å². The quantitative estimate of drug-likeness (QED) is 0.702. The molecule has 1 aromatic carbocycles. The molecule has 8 heteroatoms. The van der Waals surface area contributed by atoms with E-state index in [1.165, 1.54) is 17.6 Å². The summed E-state index contributed by atoms with van der Waals surface area (Å²) in [6.07, 6.45) is 1.38. The van der Waals surface area contributed by atoms with Gasteiger partial charge in [-0.15, -0.1) is 10.2 Å². The van der Waals surface area contributed by atoms with Crippen molar-refractivity contribution in [1.29, 1.82) is 0 Å². The minimum atomic E-state index is -0.129. The van der Waals surface area contributed by atoms with Gasteiger partial charge in [-0.2, -0.15) is 0 Å². The maximum absolute atomic E-state index is 5.65. The van der Waals surface area contributed by atoms with Crippen molar-refractivity contribution in [2.24, 2.45) is 0 Å². The second-order valence-electron chi connectivity index (χ2n) is 5.16. The molecule has 2 atom stereocenters. The molecule has 3 aromatic rings. The van der Waals surface area contributed by atoms with Gasteiger partial charge in [0.2, 0.25) is 5.13 Å². The Morgan fingerprint density at radius 2 is 1.92 bits per heavy atom. The van der Waals surface area contributed by atoms with Gasteiger partial charge in [-0.3, -0.25) is 0 Å². The largest absolute Gasteiger partial charge is 0.497 e. The highest BCUT2D eigenvalue weighted by atomic mass is 32.1. The van der Waals surface area contributed by atoms with Crippen molar-refractivity contribution in [2.75, 3.05) is 19.5 Å². The Morgan fingerprint density at radius 1 is 1.12 bits per heavy atom. The van der Waals surface area contributed by atoms with Crippen molar-refractivity contribution in [1.82, 2.24) is 15.4 Å². The molecule has 24 heavy (non-hydrogen) atoms. The number of nitrogens with zero attached hydrogens (tertiary/aromatic N) is 3. The minimum absolute atomic E-state index is 0.00139. The van der Waals surface area contributed by atoms with Gasteiger partial charge in [0.25, 0.3) is 0 Å². The van der Waals surface area contributed by atoms with E-state index < -0.39 is 0 Å². The Labute approximate surface area is 143 Å². The molecule has 0 saturated heterocycles. The number of anilines is 1. The zero-order chi connectivity index (χ0) is 16.9. The third-order valence-electron chi connectivity index (χ3n) is 3.59. The summed E-state index contributed by atoms with van der Waals surface area (Å²) in [5.74, 6) is 0.815. The Balaban J connectivity index is 1.71. The summed E-state index contributed by atoms with van der Waals surface area (Å²) < 4.78 is 15.7. The van der Waals surface area contributed by atoms with Crippen LogP contribution in [-0.2, 0) is 4.74 Å². The molecular weight excluding hydrogens is 328 g/mol. The molecular formula is C16H18N4O3S. The van der Waals surface area contributed by atoms with E-state index in [4.69, 9.17) is 14.0 Å². The highest BCUT2D eigenvalue weighted by Crippen LogP contribution is 2.29. The number of ether oxygens (including phenoxy) is 2. The van der Waals surface area contributed by atoms with Crippen molar-refractivity contribution in [3.8, 4) is 16.5 Å². The average molecular weight is 346 g/mol. The predicted molar refractivity (Wildman–Crippen MR) is 91.2 cm³/mol. The van der Waals surface area contributed by atoms with E-state index in [1.807, 2.05) is 31.2 Å². The number of methoxy groups -OCH3 is 2. The third kappa shape index (κ3) is 3.55. The van der Waals surface area contributed by atoms with Gasteiger partial charge in [0, 0.05) is 13.2 Å². The number of benzene rings is 1. The smallest absolute Gasteiger partial charge is 0.206 e. The normalized spacial score (nSPS) is 13.5. The first-order chi connectivity index (χ1) is 11.7. The zero-order valence-electron chi connectivity index (χ0n) is 13.6. The van der Waals surface area contributed by atoms with Crippen LogP contribution in [0.25, 0.3) is 10.7 Å². The van der Waals surface area contributed by atoms with E-state index in [0.717, 1.165) is 11.3 Å². The third-order valence-corrected chi connectivity index (χ3v) is 4.46. The molecule has 126 valence electrons. The lowest BCUT2D eigenvalue weighted by molar-refractivity contribution is 0.0907. The van der Waals surface area contributed by atoms with E-state index in [9.17, 15) is 0 Å². The Kier molecular flexibility index (Phi) is 5.07. The van der Waals surface area contributed by atoms with Gasteiger partial charge in [-0.05, 0) is 24.6 Å². The first kappa shape index (κ1) is 16.4. The molecule has 2 unspecified atom stereocenters. The molecule has 0 fully saturated rings. The molecule has 0 aliphatic rings. The van der Waals surface area contributed by atoms with Gasteiger partial charge in [-0.1, -0.05) is 28.6 Å². The summed E-state index contributed by atoms with van der Waals surface area (Å²) >= 11 is 1.42. The lowest BCUT2D eigenvalue weighted by atomic mass is 10.0. The first-order valence-electron chi connectivity index (χ1n) is 7.39. The Morgan fingerprint density at radius 3 is 2.54 bits per heavy atom. The van der Waals surface area contributed by atoms with Crippen LogP contribution in [0.3, 0.4) is 0 Å². The zero-order valence-corrected chi connectivity index (χ0v) is 14.4. The fraction of sp³-hybridized carbons (Fsp3) is 0.312. The fourth-order valence-electron chi connectivity index (χ4n) is 2.40. The van der Waals surface area contributed by atoms with Crippen LogP contribution < -0.4 is 10.1 Å². The van der Waals surface area contributed by atoms with Crippen LogP contribution in [0.5, 0.6) is 5.75 Å². The van der Waals surface area contributed by atoms with Crippen LogP contribution in [0.15, 0.2) is 41.1 Å². The average Bonchev–Trinajstić information content (AvgIpc) is 3.27. The van der Waals surface area contributed by atoms with Gasteiger partial charge in [0.15, 0.2) is 5.01 Å². The van der Waals surface area contributed by atoms with Crippen LogP contribution in [0, 0.1) is 0 Å². The van der Waals surface area contributed by atoms with E-state index in [1.54, 1.807) is 20.3 Å². The summed E-state index contributed by atoms with van der Waals surface area (Å²) in [5.41, 5.74) is 1.73. The van der Waals surface area contributed by atoms with Crippen LogP contribution >= 0.6 is 11.3 Å². The number of rotatable bonds is 7. The van der Waals surface area contributed by atoms with E-state index in [-0.39, 0.29) is 12.1 Å². The Bertz CT molecular complexity index is 758. The van der Waals surface area contributed by atoms with E-state index in [2.05, 4.69) is 20.7 Å². The molecule has 2 heterocycles. The van der Waals surface area contributed by atoms with Crippen LogP contribution in [0.1, 0.15) is 18.6 Å². The monoisotopic (exact) mass is 346 g/mol. The maximum atomic E-state index is 5.65. The Hall–Kier alpha value is -2.45. The summed E-state index contributed by atoms with van der Waals surface area (Å²) in [6.45, 7) is 2.04.